The zero-order chi connectivity index (χ0) is 13.1. The fraction of sp³-hybridized carbons (Fsp3) is 0.333. The highest BCUT2D eigenvalue weighted by atomic mass is 79.9. The van der Waals surface area contributed by atoms with Gasteiger partial charge in [0.15, 0.2) is 0 Å². The first-order valence-corrected chi connectivity index (χ1v) is 6.41. The number of halogens is 1. The summed E-state index contributed by atoms with van der Waals surface area (Å²) in [5, 5.41) is 14.8. The number of hydrogen-bond donors (Lipinski definition) is 3. The topological polar surface area (TPSA) is 78.4 Å². The van der Waals surface area contributed by atoms with Gasteiger partial charge in [-0.15, -0.1) is 0 Å². The number of rotatable bonds is 3. The van der Waals surface area contributed by atoms with Crippen LogP contribution in [0.3, 0.4) is 0 Å². The average molecular weight is 313 g/mol. The van der Waals surface area contributed by atoms with Crippen LogP contribution in [0.15, 0.2) is 22.7 Å². The molecule has 0 saturated carbocycles. The molecule has 1 unspecified atom stereocenters. The fourth-order valence-corrected chi connectivity index (χ4v) is 2.40. The Morgan fingerprint density at radius 3 is 2.78 bits per heavy atom. The third-order valence-corrected chi connectivity index (χ3v) is 3.30. The van der Waals surface area contributed by atoms with Crippen molar-refractivity contribution in [3.05, 3.63) is 28.2 Å². The molecule has 0 aliphatic carbocycles. The number of hydrogen-bond acceptors (Lipinski definition) is 3. The lowest BCUT2D eigenvalue weighted by Crippen LogP contribution is -2.24. The largest absolute Gasteiger partial charge is 0.478 e. The number of carboxylic acid groups (broad SMARTS) is 1. The maximum atomic E-state index is 11.9. The molecule has 0 bridgehead atoms. The number of carbonyl (C=O) groups excluding carboxylic acids is 1. The smallest absolute Gasteiger partial charge is 0.335 e. The molecule has 1 heterocycles. The van der Waals surface area contributed by atoms with Crippen LogP contribution < -0.4 is 10.6 Å². The minimum atomic E-state index is -1.02. The highest BCUT2D eigenvalue weighted by Gasteiger charge is 2.22. The first kappa shape index (κ1) is 13.0. The Bertz CT molecular complexity index is 484. The van der Waals surface area contributed by atoms with Gasteiger partial charge in [0.25, 0.3) is 0 Å². The molecule has 1 atom stereocenters. The standard InChI is InChI=1S/C12H13BrN2O3/c13-9-3-8(12(17)18)4-10(5-9)15-11(16)7-1-2-14-6-7/h3-5,7,14H,1-2,6H2,(H,15,16)(H,17,18). The Kier molecular flexibility index (Phi) is 3.98. The fourth-order valence-electron chi connectivity index (χ4n) is 1.91. The molecule has 1 aliphatic rings. The van der Waals surface area contributed by atoms with E-state index in [1.165, 1.54) is 12.1 Å². The van der Waals surface area contributed by atoms with Gasteiger partial charge in [0.05, 0.1) is 11.5 Å². The number of nitrogens with one attached hydrogen (secondary N) is 2. The van der Waals surface area contributed by atoms with Gasteiger partial charge >= 0.3 is 5.97 Å². The average Bonchev–Trinajstić information content (AvgIpc) is 2.81. The zero-order valence-electron chi connectivity index (χ0n) is 9.57. The molecule has 0 radical (unpaired) electrons. The van der Waals surface area contributed by atoms with Crippen molar-refractivity contribution in [3.8, 4) is 0 Å². The van der Waals surface area contributed by atoms with Gasteiger partial charge in [-0.05, 0) is 31.2 Å². The predicted molar refractivity (Wildman–Crippen MR) is 70.7 cm³/mol. The van der Waals surface area contributed by atoms with Crippen molar-refractivity contribution in [2.75, 3.05) is 18.4 Å². The van der Waals surface area contributed by atoms with Crippen LogP contribution >= 0.6 is 15.9 Å². The van der Waals surface area contributed by atoms with Crippen LogP contribution in [0.4, 0.5) is 5.69 Å². The van der Waals surface area contributed by atoms with E-state index < -0.39 is 5.97 Å². The van der Waals surface area contributed by atoms with E-state index in [0.717, 1.165) is 13.0 Å². The van der Waals surface area contributed by atoms with Crippen molar-refractivity contribution < 1.29 is 14.7 Å². The van der Waals surface area contributed by atoms with Gasteiger partial charge in [-0.1, -0.05) is 15.9 Å². The van der Waals surface area contributed by atoms with Crippen LogP contribution in [0.5, 0.6) is 0 Å². The maximum absolute atomic E-state index is 11.9. The summed E-state index contributed by atoms with van der Waals surface area (Å²) in [6.45, 7) is 1.52. The van der Waals surface area contributed by atoms with E-state index in [2.05, 4.69) is 26.6 Å². The van der Waals surface area contributed by atoms with E-state index >= 15 is 0 Å². The van der Waals surface area contributed by atoms with Crippen molar-refractivity contribution in [3.63, 3.8) is 0 Å². The molecule has 1 amide bonds. The quantitative estimate of drug-likeness (QED) is 0.793. The van der Waals surface area contributed by atoms with Gasteiger partial charge in [0.1, 0.15) is 0 Å². The van der Waals surface area contributed by atoms with E-state index in [4.69, 9.17) is 5.11 Å². The molecular formula is C12H13BrN2O3. The summed E-state index contributed by atoms with van der Waals surface area (Å²) < 4.78 is 0.627. The second-order valence-electron chi connectivity index (χ2n) is 4.21. The molecule has 2 rings (SSSR count). The Morgan fingerprint density at radius 2 is 2.17 bits per heavy atom. The van der Waals surface area contributed by atoms with Crippen molar-refractivity contribution in [1.82, 2.24) is 5.32 Å². The van der Waals surface area contributed by atoms with E-state index in [1.807, 2.05) is 0 Å². The zero-order valence-corrected chi connectivity index (χ0v) is 11.2. The first-order chi connectivity index (χ1) is 8.56. The van der Waals surface area contributed by atoms with E-state index in [1.54, 1.807) is 6.07 Å². The summed E-state index contributed by atoms with van der Waals surface area (Å²) in [6, 6.07) is 4.63. The molecule has 1 aliphatic heterocycles. The summed E-state index contributed by atoms with van der Waals surface area (Å²) in [7, 11) is 0. The molecular weight excluding hydrogens is 300 g/mol. The summed E-state index contributed by atoms with van der Waals surface area (Å²) in [5.74, 6) is -1.14. The highest BCUT2D eigenvalue weighted by Crippen LogP contribution is 2.21. The summed E-state index contributed by atoms with van der Waals surface area (Å²) in [4.78, 5) is 22.8. The highest BCUT2D eigenvalue weighted by molar-refractivity contribution is 9.10. The third kappa shape index (κ3) is 3.08. The summed E-state index contributed by atoms with van der Waals surface area (Å²) in [5.41, 5.74) is 0.642. The summed E-state index contributed by atoms with van der Waals surface area (Å²) in [6.07, 6.45) is 0.811. The van der Waals surface area contributed by atoms with E-state index in [0.29, 0.717) is 16.7 Å². The minimum absolute atomic E-state index is 0.0442. The molecule has 1 aromatic carbocycles. The van der Waals surface area contributed by atoms with Crippen molar-refractivity contribution >= 4 is 33.5 Å². The Balaban J connectivity index is 2.13. The first-order valence-electron chi connectivity index (χ1n) is 5.62. The van der Waals surface area contributed by atoms with Gasteiger partial charge in [-0.2, -0.15) is 0 Å². The van der Waals surface area contributed by atoms with Gasteiger partial charge in [0, 0.05) is 16.7 Å². The third-order valence-electron chi connectivity index (χ3n) is 2.84. The number of carboxylic acids is 1. The molecule has 18 heavy (non-hydrogen) atoms. The second-order valence-corrected chi connectivity index (χ2v) is 5.13. The summed E-state index contributed by atoms with van der Waals surface area (Å²) >= 11 is 3.23. The minimum Gasteiger partial charge on any atom is -0.478 e. The van der Waals surface area contributed by atoms with Crippen molar-refractivity contribution in [2.24, 2.45) is 5.92 Å². The van der Waals surface area contributed by atoms with Crippen LogP contribution in [0.2, 0.25) is 0 Å². The molecule has 96 valence electrons. The number of benzene rings is 1. The Morgan fingerprint density at radius 1 is 1.39 bits per heavy atom. The molecule has 6 heteroatoms. The van der Waals surface area contributed by atoms with Crippen LogP contribution in [0.1, 0.15) is 16.8 Å². The number of amides is 1. The second kappa shape index (κ2) is 5.49. The monoisotopic (exact) mass is 312 g/mol. The van der Waals surface area contributed by atoms with Crippen LogP contribution in [0, 0.1) is 5.92 Å². The van der Waals surface area contributed by atoms with Crippen LogP contribution in [-0.4, -0.2) is 30.1 Å². The van der Waals surface area contributed by atoms with E-state index in [-0.39, 0.29) is 17.4 Å². The molecule has 1 saturated heterocycles. The Hall–Kier alpha value is -1.40. The molecule has 0 aromatic heterocycles. The molecule has 1 aromatic rings. The maximum Gasteiger partial charge on any atom is 0.335 e. The van der Waals surface area contributed by atoms with Crippen molar-refractivity contribution in [1.29, 1.82) is 0 Å². The molecule has 5 nitrogen and oxygen atoms in total. The predicted octanol–water partition coefficient (Wildman–Crippen LogP) is 1.70. The molecule has 1 fully saturated rings. The lowest BCUT2D eigenvalue weighted by molar-refractivity contribution is -0.119. The van der Waals surface area contributed by atoms with E-state index in [9.17, 15) is 9.59 Å². The lowest BCUT2D eigenvalue weighted by atomic mass is 10.1. The molecule has 0 spiro atoms. The lowest BCUT2D eigenvalue weighted by Gasteiger charge is -2.10. The SMILES string of the molecule is O=C(O)c1cc(Br)cc(NC(=O)C2CCNC2)c1. The van der Waals surface area contributed by atoms with Gasteiger partial charge in [-0.3, -0.25) is 4.79 Å². The van der Waals surface area contributed by atoms with Gasteiger partial charge in [-0.25, -0.2) is 4.79 Å². The van der Waals surface area contributed by atoms with Gasteiger partial charge in [0.2, 0.25) is 5.91 Å². The number of carbonyl (C=O) groups is 2. The van der Waals surface area contributed by atoms with Gasteiger partial charge < -0.3 is 15.7 Å². The molecule has 3 N–H and O–H groups in total. The van der Waals surface area contributed by atoms with Crippen LogP contribution in [0.25, 0.3) is 0 Å². The Labute approximate surface area is 113 Å². The normalized spacial score (nSPS) is 18.6. The van der Waals surface area contributed by atoms with Crippen LogP contribution in [-0.2, 0) is 4.79 Å². The number of anilines is 1. The van der Waals surface area contributed by atoms with Crippen molar-refractivity contribution in [2.45, 2.75) is 6.42 Å². The number of aromatic carboxylic acids is 1.